The topological polar surface area (TPSA) is 0 Å². The number of hydrogen-bond acceptors (Lipinski definition) is 0. The fourth-order valence-corrected chi connectivity index (χ4v) is 8.96. The molecule has 0 unspecified atom stereocenters. The Labute approximate surface area is 328 Å². The van der Waals surface area contributed by atoms with Gasteiger partial charge < -0.3 is 0 Å². The smallest absolute Gasteiger partial charge is 0.169 e. The van der Waals surface area contributed by atoms with Crippen LogP contribution in [0.1, 0.15) is 33.4 Å². The Bertz CT molecular complexity index is 2570. The monoisotopic (exact) mass is 764 g/mol. The van der Waals surface area contributed by atoms with Crippen LogP contribution in [0.3, 0.4) is 0 Å². The number of halogens is 6. The molecular weight excluding hydrogens is 727 g/mol. The summed E-state index contributed by atoms with van der Waals surface area (Å²) in [6.07, 6.45) is -11.5. The Morgan fingerprint density at radius 2 is 0.544 bits per heavy atom. The molecule has 0 spiro atoms. The highest BCUT2D eigenvalue weighted by atomic mass is 19.4. The summed E-state index contributed by atoms with van der Waals surface area (Å²) in [5.41, 5.74) is 3.27. The molecule has 6 heteroatoms. The molecule has 8 rings (SSSR count). The minimum Gasteiger partial charge on any atom is -0.169 e. The normalized spacial score (nSPS) is 12.4. The quantitative estimate of drug-likeness (QED) is 0.148. The van der Waals surface area contributed by atoms with Crippen LogP contribution in [0.15, 0.2) is 158 Å². The fraction of sp³-hybridized carbons (Fsp3) is 0.137. The summed E-state index contributed by atoms with van der Waals surface area (Å²) < 4.78 is 95.7. The molecule has 0 amide bonds. The van der Waals surface area contributed by atoms with E-state index in [9.17, 15) is 0 Å². The number of rotatable bonds is 6. The predicted molar refractivity (Wildman–Crippen MR) is 221 cm³/mol. The Balaban J connectivity index is 1.45. The predicted octanol–water partition coefficient (Wildman–Crippen LogP) is 15.3. The summed E-state index contributed by atoms with van der Waals surface area (Å²) in [6, 6.07) is 45.2. The molecule has 0 aliphatic carbocycles. The molecule has 8 aromatic rings. The number of alkyl halides is 6. The highest BCUT2D eigenvalue weighted by molar-refractivity contribution is 6.05. The molecule has 8 aromatic carbocycles. The van der Waals surface area contributed by atoms with Crippen LogP contribution in [0.25, 0.3) is 66.1 Å². The van der Waals surface area contributed by atoms with Gasteiger partial charge in [0, 0.05) is 0 Å². The van der Waals surface area contributed by atoms with Gasteiger partial charge in [-0.3, -0.25) is 0 Å². The van der Waals surface area contributed by atoms with E-state index in [0.29, 0.717) is 32.7 Å². The highest BCUT2D eigenvalue weighted by Crippen LogP contribution is 2.58. The van der Waals surface area contributed by atoms with Crippen LogP contribution in [0.4, 0.5) is 26.3 Å². The molecule has 0 bridgehead atoms. The van der Waals surface area contributed by atoms with Gasteiger partial charge in [-0.05, 0) is 139 Å². The van der Waals surface area contributed by atoms with Crippen molar-refractivity contribution in [3.05, 3.63) is 191 Å². The summed E-state index contributed by atoms with van der Waals surface area (Å²) in [4.78, 5) is 0. The lowest BCUT2D eigenvalue weighted by Gasteiger charge is -2.39. The summed E-state index contributed by atoms with van der Waals surface area (Å²) in [5.74, 6) is 0. The highest BCUT2D eigenvalue weighted by Gasteiger charge is 2.72. The molecule has 0 radical (unpaired) electrons. The van der Waals surface area contributed by atoms with E-state index >= 15 is 26.3 Å². The van der Waals surface area contributed by atoms with E-state index in [2.05, 4.69) is 0 Å². The van der Waals surface area contributed by atoms with Crippen molar-refractivity contribution in [2.24, 2.45) is 0 Å². The van der Waals surface area contributed by atoms with E-state index in [4.69, 9.17) is 0 Å². The molecule has 0 aliphatic rings. The van der Waals surface area contributed by atoms with Gasteiger partial charge >= 0.3 is 12.4 Å². The molecule has 0 fully saturated rings. The van der Waals surface area contributed by atoms with Crippen LogP contribution in [0.2, 0.25) is 0 Å². The zero-order valence-corrected chi connectivity index (χ0v) is 31.8. The molecule has 0 N–H and O–H groups in total. The first-order valence-corrected chi connectivity index (χ1v) is 18.8. The van der Waals surface area contributed by atoms with Gasteiger partial charge in [0.1, 0.15) is 0 Å². The van der Waals surface area contributed by atoms with Crippen molar-refractivity contribution in [1.29, 1.82) is 0 Å². The van der Waals surface area contributed by atoms with Crippen molar-refractivity contribution in [3.63, 3.8) is 0 Å². The average molecular weight is 765 g/mol. The average Bonchev–Trinajstić information content (AvgIpc) is 3.20. The van der Waals surface area contributed by atoms with Crippen LogP contribution >= 0.6 is 0 Å². The van der Waals surface area contributed by atoms with Gasteiger partial charge in [0.05, 0.1) is 0 Å². The van der Waals surface area contributed by atoms with Crippen molar-refractivity contribution in [1.82, 2.24) is 0 Å². The third-order valence-electron chi connectivity index (χ3n) is 11.6. The van der Waals surface area contributed by atoms with Crippen LogP contribution in [-0.4, -0.2) is 12.4 Å². The van der Waals surface area contributed by atoms with Crippen molar-refractivity contribution >= 4 is 21.5 Å². The minimum absolute atomic E-state index is 0.327. The van der Waals surface area contributed by atoms with Gasteiger partial charge in [-0.1, -0.05) is 146 Å². The zero-order valence-electron chi connectivity index (χ0n) is 31.8. The van der Waals surface area contributed by atoms with Crippen LogP contribution in [0.5, 0.6) is 0 Å². The minimum atomic E-state index is -5.77. The van der Waals surface area contributed by atoms with Gasteiger partial charge in [-0.2, -0.15) is 26.3 Å². The van der Waals surface area contributed by atoms with Crippen molar-refractivity contribution in [2.45, 2.75) is 45.5 Å². The maximum atomic E-state index is 15.9. The van der Waals surface area contributed by atoms with Gasteiger partial charge in [0.15, 0.2) is 0 Å². The summed E-state index contributed by atoms with van der Waals surface area (Å²) in [6.45, 7) is 7.31. The Kier molecular flexibility index (Phi) is 9.35. The van der Waals surface area contributed by atoms with E-state index < -0.39 is 28.9 Å². The first kappa shape index (κ1) is 37.8. The summed E-state index contributed by atoms with van der Waals surface area (Å²) in [7, 11) is 0. The first-order chi connectivity index (χ1) is 27.3. The van der Waals surface area contributed by atoms with Gasteiger partial charge in [-0.15, -0.1) is 0 Å². The largest absolute Gasteiger partial charge is 0.411 e. The molecule has 0 nitrogen and oxygen atoms in total. The van der Waals surface area contributed by atoms with Gasteiger partial charge in [0.2, 0.25) is 5.41 Å². The van der Waals surface area contributed by atoms with Crippen LogP contribution in [0, 0.1) is 27.7 Å². The SMILES string of the molecule is Cc1c(-c2ccccc2)c(-c2ccccc2)c(C)c2cc(C(c3ccc4c(C)c(-c5ccccc5)c(-c5ccccc5)c(C)c4c3)(C(F)(F)F)C(F)(F)F)ccc12. The molecule has 0 aliphatic heterocycles. The second-order valence-electron chi connectivity index (χ2n) is 14.7. The number of benzene rings is 8. The first-order valence-electron chi connectivity index (χ1n) is 18.8. The molecule has 57 heavy (non-hydrogen) atoms. The second kappa shape index (κ2) is 14.1. The molecule has 0 saturated carbocycles. The standard InChI is InChI=1S/C51H38F6/c1-31-41-27-25-39(29-43(41)33(3)47(37-21-13-7-14-22-37)45(31)35-17-9-5-10-18-35)49(50(52,53)54,51(55,56)57)40-26-28-42-32(2)46(36-19-11-6-12-20-36)48(34(4)44(42)30-40)38-23-15-8-16-24-38/h5-30H,1-4H3. The summed E-state index contributed by atoms with van der Waals surface area (Å²) in [5, 5.41) is 1.82. The van der Waals surface area contributed by atoms with Crippen LogP contribution in [-0.2, 0) is 5.41 Å². The Morgan fingerprint density at radius 3 is 0.789 bits per heavy atom. The third-order valence-corrected chi connectivity index (χ3v) is 11.6. The number of aryl methyl sites for hydroxylation is 4. The van der Waals surface area contributed by atoms with Crippen molar-refractivity contribution in [3.8, 4) is 44.5 Å². The second-order valence-corrected chi connectivity index (χ2v) is 14.7. The van der Waals surface area contributed by atoms with E-state index in [0.717, 1.165) is 79.9 Å². The maximum absolute atomic E-state index is 15.9. The van der Waals surface area contributed by atoms with Crippen molar-refractivity contribution < 1.29 is 26.3 Å². The Hall–Kier alpha value is -6.14. The third kappa shape index (κ3) is 6.01. The zero-order chi connectivity index (χ0) is 40.3. The molecule has 0 heterocycles. The van der Waals surface area contributed by atoms with Crippen molar-refractivity contribution in [2.75, 3.05) is 0 Å². The molecule has 0 aromatic heterocycles. The maximum Gasteiger partial charge on any atom is 0.411 e. The molecule has 0 saturated heterocycles. The lowest BCUT2D eigenvalue weighted by atomic mass is 9.71. The molecular formula is C51H38F6. The fourth-order valence-electron chi connectivity index (χ4n) is 8.96. The van der Waals surface area contributed by atoms with E-state index in [-0.39, 0.29) is 0 Å². The van der Waals surface area contributed by atoms with E-state index in [1.165, 1.54) is 12.1 Å². The van der Waals surface area contributed by atoms with Gasteiger partial charge in [0.25, 0.3) is 0 Å². The number of fused-ring (bicyclic) bond motifs is 2. The molecule has 0 atom stereocenters. The Morgan fingerprint density at radius 1 is 0.298 bits per heavy atom. The lowest BCUT2D eigenvalue weighted by molar-refractivity contribution is -0.288. The van der Waals surface area contributed by atoms with Gasteiger partial charge in [-0.25, -0.2) is 0 Å². The van der Waals surface area contributed by atoms with E-state index in [1.54, 1.807) is 13.8 Å². The summed E-state index contributed by atoms with van der Waals surface area (Å²) >= 11 is 0. The molecule has 284 valence electrons. The lowest BCUT2D eigenvalue weighted by Crippen LogP contribution is -2.54. The number of hydrogen-bond donors (Lipinski definition) is 0. The van der Waals surface area contributed by atoms with Crippen LogP contribution < -0.4 is 0 Å². The van der Waals surface area contributed by atoms with E-state index in [1.807, 2.05) is 135 Å².